The lowest BCUT2D eigenvalue weighted by Crippen LogP contribution is -2.41. The molecule has 0 aromatic heterocycles. The molecule has 0 fully saturated rings. The minimum atomic E-state index is -0.285. The van der Waals surface area contributed by atoms with Gasteiger partial charge in [-0.3, -0.25) is 4.79 Å². The van der Waals surface area contributed by atoms with Crippen LogP contribution in [0.2, 0.25) is 5.02 Å². The summed E-state index contributed by atoms with van der Waals surface area (Å²) in [5.74, 6) is -0.208. The van der Waals surface area contributed by atoms with Gasteiger partial charge >= 0.3 is 5.97 Å². The van der Waals surface area contributed by atoms with E-state index in [0.717, 1.165) is 11.4 Å². The van der Waals surface area contributed by atoms with Crippen LogP contribution in [0.1, 0.15) is 26.3 Å². The molecule has 0 aliphatic carbocycles. The second-order valence-electron chi connectivity index (χ2n) is 4.37. The van der Waals surface area contributed by atoms with Crippen molar-refractivity contribution >= 4 is 17.6 Å². The Labute approximate surface area is 113 Å². The maximum atomic E-state index is 11.5. The molecule has 0 saturated heterocycles. The number of esters is 1. The molecule has 0 aliphatic rings. The summed E-state index contributed by atoms with van der Waals surface area (Å²) in [6.45, 7) is 6.08. The fourth-order valence-electron chi connectivity index (χ4n) is 1.80. The topological polar surface area (TPSA) is 38.3 Å². The largest absolute Gasteiger partial charge is 0.465 e. The number of carbonyl (C=O) groups is 1. The average molecular weight is 270 g/mol. The highest BCUT2D eigenvalue weighted by Crippen LogP contribution is 2.11. The molecule has 4 heteroatoms. The van der Waals surface area contributed by atoms with Crippen LogP contribution in [0.15, 0.2) is 24.3 Å². The number of hydrogen-bond donors (Lipinski definition) is 1. The molecule has 0 radical (unpaired) electrons. The highest BCUT2D eigenvalue weighted by molar-refractivity contribution is 6.30. The lowest BCUT2D eigenvalue weighted by molar-refractivity contribution is -0.145. The number of benzene rings is 1. The van der Waals surface area contributed by atoms with Crippen molar-refractivity contribution in [2.75, 3.05) is 6.61 Å². The predicted molar refractivity (Wildman–Crippen MR) is 73.8 cm³/mol. The number of carbonyl (C=O) groups excluding carboxylic acids is 1. The molecular formula is C14H20ClNO2. The van der Waals surface area contributed by atoms with Crippen LogP contribution >= 0.6 is 11.6 Å². The first-order valence-electron chi connectivity index (χ1n) is 6.20. The Balaban J connectivity index is 2.43. The van der Waals surface area contributed by atoms with Gasteiger partial charge in [0.15, 0.2) is 0 Å². The van der Waals surface area contributed by atoms with Gasteiger partial charge in [0.05, 0.1) is 6.61 Å². The summed E-state index contributed by atoms with van der Waals surface area (Å²) in [5.41, 5.74) is 1.19. The van der Waals surface area contributed by atoms with Crippen molar-refractivity contribution in [2.45, 2.75) is 39.3 Å². The molecule has 18 heavy (non-hydrogen) atoms. The summed E-state index contributed by atoms with van der Waals surface area (Å²) >= 11 is 5.83. The van der Waals surface area contributed by atoms with E-state index in [1.807, 2.05) is 45.0 Å². The van der Waals surface area contributed by atoms with Gasteiger partial charge in [-0.25, -0.2) is 0 Å². The number of rotatable bonds is 6. The van der Waals surface area contributed by atoms with Crippen molar-refractivity contribution in [2.24, 2.45) is 0 Å². The van der Waals surface area contributed by atoms with Gasteiger partial charge in [0.25, 0.3) is 0 Å². The summed E-state index contributed by atoms with van der Waals surface area (Å²) < 4.78 is 4.95. The van der Waals surface area contributed by atoms with Gasteiger partial charge < -0.3 is 10.1 Å². The van der Waals surface area contributed by atoms with Gasteiger partial charge in [-0.05, 0) is 44.9 Å². The van der Waals surface area contributed by atoms with Crippen molar-refractivity contribution in [3.63, 3.8) is 0 Å². The fraction of sp³-hybridized carbons (Fsp3) is 0.500. The summed E-state index contributed by atoms with van der Waals surface area (Å²) in [6, 6.07) is 7.65. The zero-order chi connectivity index (χ0) is 13.5. The standard InChI is InChI=1S/C14H20ClNO2/c1-4-18-14(17)11(3)16-10(2)9-12-5-7-13(15)8-6-12/h5-8,10-11,16H,4,9H2,1-3H3. The molecule has 0 amide bonds. The van der Waals surface area contributed by atoms with Crippen LogP contribution in [0.3, 0.4) is 0 Å². The quantitative estimate of drug-likeness (QED) is 0.807. The average Bonchev–Trinajstić information content (AvgIpc) is 2.32. The molecular weight excluding hydrogens is 250 g/mol. The number of nitrogens with one attached hydrogen (secondary N) is 1. The van der Waals surface area contributed by atoms with Crippen LogP contribution in [-0.4, -0.2) is 24.7 Å². The van der Waals surface area contributed by atoms with E-state index in [0.29, 0.717) is 6.61 Å². The van der Waals surface area contributed by atoms with E-state index in [-0.39, 0.29) is 18.1 Å². The molecule has 2 atom stereocenters. The third-order valence-corrected chi connectivity index (χ3v) is 2.88. The molecule has 0 aliphatic heterocycles. The van der Waals surface area contributed by atoms with E-state index in [2.05, 4.69) is 5.32 Å². The molecule has 0 spiro atoms. The van der Waals surface area contributed by atoms with Crippen molar-refractivity contribution in [1.82, 2.24) is 5.32 Å². The Morgan fingerprint density at radius 3 is 2.50 bits per heavy atom. The lowest BCUT2D eigenvalue weighted by Gasteiger charge is -2.18. The normalized spacial score (nSPS) is 14.0. The van der Waals surface area contributed by atoms with Crippen LogP contribution in [0, 0.1) is 0 Å². The molecule has 0 heterocycles. The molecule has 1 rings (SSSR count). The molecule has 0 saturated carbocycles. The Bertz CT molecular complexity index is 378. The third kappa shape index (κ3) is 5.07. The van der Waals surface area contributed by atoms with Gasteiger partial charge in [0.2, 0.25) is 0 Å². The van der Waals surface area contributed by atoms with E-state index in [4.69, 9.17) is 16.3 Å². The first-order chi connectivity index (χ1) is 8.52. The highest BCUT2D eigenvalue weighted by atomic mass is 35.5. The lowest BCUT2D eigenvalue weighted by atomic mass is 10.1. The zero-order valence-electron chi connectivity index (χ0n) is 11.1. The van der Waals surface area contributed by atoms with Crippen molar-refractivity contribution in [3.8, 4) is 0 Å². The third-order valence-electron chi connectivity index (χ3n) is 2.63. The van der Waals surface area contributed by atoms with Gasteiger partial charge in [0.1, 0.15) is 6.04 Å². The Morgan fingerprint density at radius 2 is 1.94 bits per heavy atom. The van der Waals surface area contributed by atoms with E-state index in [9.17, 15) is 4.79 Å². The van der Waals surface area contributed by atoms with Gasteiger partial charge in [0, 0.05) is 11.1 Å². The molecule has 1 aromatic carbocycles. The Kier molecular flexibility index (Phi) is 6.16. The van der Waals surface area contributed by atoms with Gasteiger partial charge in [-0.15, -0.1) is 0 Å². The fourth-order valence-corrected chi connectivity index (χ4v) is 1.92. The molecule has 0 bridgehead atoms. The smallest absolute Gasteiger partial charge is 0.322 e. The monoisotopic (exact) mass is 269 g/mol. The Morgan fingerprint density at radius 1 is 1.33 bits per heavy atom. The SMILES string of the molecule is CCOC(=O)C(C)NC(C)Cc1ccc(Cl)cc1. The van der Waals surface area contributed by atoms with Crippen LogP contribution in [-0.2, 0) is 16.0 Å². The number of halogens is 1. The molecule has 2 unspecified atom stereocenters. The van der Waals surface area contributed by atoms with Crippen LogP contribution in [0.25, 0.3) is 0 Å². The minimum absolute atomic E-state index is 0.200. The van der Waals surface area contributed by atoms with Crippen LogP contribution in [0.4, 0.5) is 0 Å². The molecule has 3 nitrogen and oxygen atoms in total. The summed E-state index contributed by atoms with van der Waals surface area (Å²) in [7, 11) is 0. The summed E-state index contributed by atoms with van der Waals surface area (Å²) in [5, 5.41) is 3.96. The molecule has 1 N–H and O–H groups in total. The predicted octanol–water partition coefficient (Wildman–Crippen LogP) is 2.81. The highest BCUT2D eigenvalue weighted by Gasteiger charge is 2.16. The number of ether oxygens (including phenoxy) is 1. The van der Waals surface area contributed by atoms with Gasteiger partial charge in [-0.1, -0.05) is 23.7 Å². The zero-order valence-corrected chi connectivity index (χ0v) is 11.8. The van der Waals surface area contributed by atoms with Gasteiger partial charge in [-0.2, -0.15) is 0 Å². The second-order valence-corrected chi connectivity index (χ2v) is 4.81. The van der Waals surface area contributed by atoms with E-state index < -0.39 is 0 Å². The molecule has 100 valence electrons. The molecule has 1 aromatic rings. The Hall–Kier alpha value is -1.06. The van der Waals surface area contributed by atoms with E-state index in [1.165, 1.54) is 5.56 Å². The maximum Gasteiger partial charge on any atom is 0.322 e. The van der Waals surface area contributed by atoms with Crippen molar-refractivity contribution < 1.29 is 9.53 Å². The van der Waals surface area contributed by atoms with E-state index in [1.54, 1.807) is 0 Å². The summed E-state index contributed by atoms with van der Waals surface area (Å²) in [6.07, 6.45) is 0.848. The van der Waals surface area contributed by atoms with Crippen molar-refractivity contribution in [1.29, 1.82) is 0 Å². The number of hydrogen-bond acceptors (Lipinski definition) is 3. The van der Waals surface area contributed by atoms with Crippen LogP contribution in [0.5, 0.6) is 0 Å². The minimum Gasteiger partial charge on any atom is -0.465 e. The maximum absolute atomic E-state index is 11.5. The first kappa shape index (κ1) is 15.0. The second kappa shape index (κ2) is 7.39. The van der Waals surface area contributed by atoms with E-state index >= 15 is 0 Å². The van der Waals surface area contributed by atoms with Crippen molar-refractivity contribution in [3.05, 3.63) is 34.9 Å². The first-order valence-corrected chi connectivity index (χ1v) is 6.57. The van der Waals surface area contributed by atoms with Crippen LogP contribution < -0.4 is 5.32 Å². The summed E-state index contributed by atoms with van der Waals surface area (Å²) in [4.78, 5) is 11.5.